The van der Waals surface area contributed by atoms with Crippen molar-refractivity contribution in [3.8, 4) is 0 Å². The van der Waals surface area contributed by atoms with E-state index in [1.807, 2.05) is 6.07 Å². The maximum absolute atomic E-state index is 16.2. The maximum atomic E-state index is 16.2. The number of carbonyl (C=O) groups excluding carboxylic acids is 2. The predicted octanol–water partition coefficient (Wildman–Crippen LogP) is 5.94. The van der Waals surface area contributed by atoms with E-state index in [4.69, 9.17) is 23.2 Å². The molecule has 3 atom stereocenters. The number of halogens is 3. The average Bonchev–Trinajstić information content (AvgIpc) is 3.65. The first-order valence-electron chi connectivity index (χ1n) is 15.6. The van der Waals surface area contributed by atoms with Gasteiger partial charge in [-0.1, -0.05) is 60.4 Å². The Morgan fingerprint density at radius 1 is 1.04 bits per heavy atom. The Morgan fingerprint density at radius 2 is 1.78 bits per heavy atom. The van der Waals surface area contributed by atoms with E-state index < -0.39 is 34.5 Å². The van der Waals surface area contributed by atoms with Gasteiger partial charge in [-0.3, -0.25) is 24.4 Å². The van der Waals surface area contributed by atoms with Crippen LogP contribution in [0.3, 0.4) is 0 Å². The normalized spacial score (nSPS) is 29.9. The zero-order valence-corrected chi connectivity index (χ0v) is 26.7. The molecule has 7 rings (SSSR count). The molecular weight excluding hydrogens is 620 g/mol. The zero-order valence-electron chi connectivity index (χ0n) is 25.1. The SMILES string of the molecule is CC1(C)CCC2(CC1)N[C@@H](C(=O)N[C@H]1CC[C@H](c3noc(=O)[nH]3)CC1)[C@H](c1cccc(Cl)c1F)[C@]21C(=O)Nc2cc(Cl)ccc21. The van der Waals surface area contributed by atoms with Crippen LogP contribution in [0.25, 0.3) is 0 Å². The van der Waals surface area contributed by atoms with Crippen LogP contribution in [-0.4, -0.2) is 39.6 Å². The second-order valence-corrected chi connectivity index (χ2v) is 14.8. The van der Waals surface area contributed by atoms with E-state index in [0.717, 1.165) is 12.8 Å². The zero-order chi connectivity index (χ0) is 31.7. The van der Waals surface area contributed by atoms with Crippen LogP contribution in [0.5, 0.6) is 0 Å². The molecule has 1 saturated heterocycles. The molecule has 3 heterocycles. The lowest BCUT2D eigenvalue weighted by atomic mass is 9.53. The largest absolute Gasteiger partial charge is 0.438 e. The molecule has 2 spiro atoms. The number of rotatable bonds is 4. The molecule has 3 fully saturated rings. The molecule has 45 heavy (non-hydrogen) atoms. The molecule has 2 aliphatic heterocycles. The van der Waals surface area contributed by atoms with E-state index in [0.29, 0.717) is 60.6 Å². The van der Waals surface area contributed by atoms with Crippen LogP contribution in [0.2, 0.25) is 10.0 Å². The fourth-order valence-electron chi connectivity index (χ4n) is 8.64. The third-order valence-electron chi connectivity index (χ3n) is 11.0. The third-order valence-corrected chi connectivity index (χ3v) is 11.5. The number of carbonyl (C=O) groups is 2. The van der Waals surface area contributed by atoms with Crippen LogP contribution in [0, 0.1) is 11.2 Å². The summed E-state index contributed by atoms with van der Waals surface area (Å²) in [7, 11) is 0. The van der Waals surface area contributed by atoms with Gasteiger partial charge in [0.25, 0.3) is 0 Å². The molecule has 2 aromatic carbocycles. The Bertz CT molecular complexity index is 1720. The second-order valence-electron chi connectivity index (χ2n) is 14.0. The van der Waals surface area contributed by atoms with Gasteiger partial charge in [-0.25, -0.2) is 9.18 Å². The van der Waals surface area contributed by atoms with Gasteiger partial charge in [-0.05, 0) is 86.1 Å². The molecule has 1 aromatic heterocycles. The van der Waals surface area contributed by atoms with Crippen molar-refractivity contribution in [2.24, 2.45) is 5.41 Å². The van der Waals surface area contributed by atoms with Crippen LogP contribution >= 0.6 is 23.2 Å². The molecule has 2 aliphatic carbocycles. The van der Waals surface area contributed by atoms with Gasteiger partial charge in [0.05, 0.1) is 11.1 Å². The molecule has 2 amide bonds. The number of hydrogen-bond donors (Lipinski definition) is 4. The summed E-state index contributed by atoms with van der Waals surface area (Å²) in [5.41, 5.74) is -0.553. The standard InChI is InChI=1S/C33H36Cl2FN5O4/c1-31(2)12-14-32(15-13-31)33(21-11-8-18(34)16-23(21)38-29(33)43)24(20-4-3-5-22(35)25(20)36)26(40-32)28(42)37-19-9-6-17(7-10-19)27-39-30(44)45-41-27/h3-5,8,11,16-17,19,24,26,40H,6-7,9-10,12-15H2,1-2H3,(H,37,42)(H,38,43)(H,39,41,44)/t17-,19-,24-,26+,33+/m0/s1. The number of benzene rings is 2. The Hall–Kier alpha value is -3.21. The van der Waals surface area contributed by atoms with Crippen LogP contribution in [0.1, 0.15) is 94.0 Å². The van der Waals surface area contributed by atoms with E-state index in [9.17, 15) is 14.4 Å². The summed E-state index contributed by atoms with van der Waals surface area (Å²) >= 11 is 12.7. The number of fused-ring (bicyclic) bond motifs is 3. The van der Waals surface area contributed by atoms with Gasteiger partial charge in [0, 0.05) is 34.1 Å². The summed E-state index contributed by atoms with van der Waals surface area (Å²) in [4.78, 5) is 43.1. The van der Waals surface area contributed by atoms with Crippen molar-refractivity contribution in [2.45, 2.75) is 100 Å². The molecule has 0 unspecified atom stereocenters. The Labute approximate surface area is 270 Å². The van der Waals surface area contributed by atoms with Gasteiger partial charge < -0.3 is 10.6 Å². The van der Waals surface area contributed by atoms with E-state index in [-0.39, 0.29) is 39.8 Å². The monoisotopic (exact) mass is 655 g/mol. The van der Waals surface area contributed by atoms with Gasteiger partial charge in [-0.15, -0.1) is 0 Å². The fourth-order valence-corrected chi connectivity index (χ4v) is 8.99. The highest BCUT2D eigenvalue weighted by Gasteiger charge is 2.73. The quantitative estimate of drug-likeness (QED) is 0.276. The summed E-state index contributed by atoms with van der Waals surface area (Å²) in [5.74, 6) is -2.10. The van der Waals surface area contributed by atoms with Gasteiger partial charge in [0.2, 0.25) is 11.8 Å². The van der Waals surface area contributed by atoms with Crippen molar-refractivity contribution >= 4 is 40.7 Å². The number of hydrogen-bond acceptors (Lipinski definition) is 6. The fraction of sp³-hybridized carbons (Fsp3) is 0.515. The van der Waals surface area contributed by atoms with Crippen LogP contribution in [0.4, 0.5) is 10.1 Å². The van der Waals surface area contributed by atoms with Crippen molar-refractivity contribution in [2.75, 3.05) is 5.32 Å². The molecule has 4 N–H and O–H groups in total. The van der Waals surface area contributed by atoms with Gasteiger partial charge in [-0.2, -0.15) is 0 Å². The minimum atomic E-state index is -1.30. The molecular formula is C33H36Cl2FN5O4. The van der Waals surface area contributed by atoms with Crippen molar-refractivity contribution in [3.63, 3.8) is 0 Å². The number of aromatic nitrogens is 2. The summed E-state index contributed by atoms with van der Waals surface area (Å²) < 4.78 is 20.8. The second kappa shape index (κ2) is 11.0. The number of nitrogens with zero attached hydrogens (tertiary/aromatic N) is 1. The van der Waals surface area contributed by atoms with Gasteiger partial charge in [0.1, 0.15) is 11.2 Å². The number of aromatic amines is 1. The lowest BCUT2D eigenvalue weighted by Gasteiger charge is -2.50. The topological polar surface area (TPSA) is 129 Å². The van der Waals surface area contributed by atoms with Gasteiger partial charge in [0.15, 0.2) is 5.82 Å². The molecule has 4 aliphatic rings. The minimum Gasteiger partial charge on any atom is -0.352 e. The average molecular weight is 657 g/mol. The highest BCUT2D eigenvalue weighted by molar-refractivity contribution is 6.31. The molecule has 2 saturated carbocycles. The Morgan fingerprint density at radius 3 is 2.47 bits per heavy atom. The molecule has 9 nitrogen and oxygen atoms in total. The summed E-state index contributed by atoms with van der Waals surface area (Å²) in [6.07, 6.45) is 5.64. The highest BCUT2D eigenvalue weighted by atomic mass is 35.5. The molecule has 0 radical (unpaired) electrons. The number of H-pyrrole nitrogens is 1. The van der Waals surface area contributed by atoms with E-state index in [2.05, 4.69) is 44.5 Å². The van der Waals surface area contributed by atoms with Crippen molar-refractivity contribution in [3.05, 3.63) is 79.8 Å². The highest BCUT2D eigenvalue weighted by Crippen LogP contribution is 2.64. The molecule has 12 heteroatoms. The summed E-state index contributed by atoms with van der Waals surface area (Å²) in [6, 6.07) is 9.06. The van der Waals surface area contributed by atoms with E-state index in [1.165, 1.54) is 6.07 Å². The maximum Gasteiger partial charge on any atom is 0.438 e. The first-order valence-corrected chi connectivity index (χ1v) is 16.4. The molecule has 3 aromatic rings. The lowest BCUT2D eigenvalue weighted by Crippen LogP contribution is -2.61. The van der Waals surface area contributed by atoms with Crippen LogP contribution < -0.4 is 21.7 Å². The van der Waals surface area contributed by atoms with Crippen molar-refractivity contribution in [1.82, 2.24) is 20.8 Å². The Kier molecular flexibility index (Phi) is 7.41. The number of anilines is 1. The molecule has 0 bridgehead atoms. The minimum absolute atomic E-state index is 0.0326. The first-order chi connectivity index (χ1) is 21.4. The van der Waals surface area contributed by atoms with Gasteiger partial charge >= 0.3 is 5.76 Å². The smallest absolute Gasteiger partial charge is 0.352 e. The number of nitrogens with one attached hydrogen (secondary N) is 4. The van der Waals surface area contributed by atoms with Crippen molar-refractivity contribution in [1.29, 1.82) is 0 Å². The molecule has 238 valence electrons. The van der Waals surface area contributed by atoms with Crippen LogP contribution in [0.15, 0.2) is 45.7 Å². The van der Waals surface area contributed by atoms with Crippen LogP contribution in [-0.2, 0) is 15.0 Å². The first kappa shape index (κ1) is 30.4. The lowest BCUT2D eigenvalue weighted by molar-refractivity contribution is -0.125. The Balaban J connectivity index is 1.30. The van der Waals surface area contributed by atoms with E-state index in [1.54, 1.807) is 24.3 Å². The number of amides is 2. The van der Waals surface area contributed by atoms with Crippen molar-refractivity contribution < 1.29 is 18.5 Å². The van der Waals surface area contributed by atoms with E-state index >= 15 is 4.39 Å². The summed E-state index contributed by atoms with van der Waals surface area (Å²) in [6.45, 7) is 4.43. The predicted molar refractivity (Wildman–Crippen MR) is 168 cm³/mol. The third kappa shape index (κ3) is 4.82. The summed E-state index contributed by atoms with van der Waals surface area (Å²) in [5, 5.41) is 14.3.